The van der Waals surface area contributed by atoms with E-state index in [9.17, 15) is 5.11 Å². The number of hydrogen-bond donors (Lipinski definition) is 1. The van der Waals surface area contributed by atoms with Crippen molar-refractivity contribution in [2.45, 2.75) is 13.0 Å². The Morgan fingerprint density at radius 1 is 1.05 bits per heavy atom. The lowest BCUT2D eigenvalue weighted by atomic mass is 9.97. The molecule has 0 aliphatic rings. The SMILES string of the molecule is Cc1ccc(C(O)c2cccc3ncccc23)c(Br)c1. The Bertz CT molecular complexity index is 765. The van der Waals surface area contributed by atoms with Crippen LogP contribution < -0.4 is 0 Å². The summed E-state index contributed by atoms with van der Waals surface area (Å²) >= 11 is 3.53. The molecule has 1 heterocycles. The van der Waals surface area contributed by atoms with Crippen LogP contribution in [0.5, 0.6) is 0 Å². The monoisotopic (exact) mass is 327 g/mol. The number of hydrogen-bond acceptors (Lipinski definition) is 2. The van der Waals surface area contributed by atoms with E-state index in [-0.39, 0.29) is 0 Å². The Hall–Kier alpha value is -1.71. The van der Waals surface area contributed by atoms with Crippen LogP contribution in [0.25, 0.3) is 10.9 Å². The van der Waals surface area contributed by atoms with Gasteiger partial charge in [0.2, 0.25) is 0 Å². The predicted octanol–water partition coefficient (Wildman–Crippen LogP) is 4.39. The highest BCUT2D eigenvalue weighted by molar-refractivity contribution is 9.10. The lowest BCUT2D eigenvalue weighted by Crippen LogP contribution is -2.02. The molecule has 0 spiro atoms. The quantitative estimate of drug-likeness (QED) is 0.757. The Labute approximate surface area is 126 Å². The highest BCUT2D eigenvalue weighted by atomic mass is 79.9. The molecule has 100 valence electrons. The topological polar surface area (TPSA) is 33.1 Å². The number of nitrogens with zero attached hydrogens (tertiary/aromatic N) is 1. The highest BCUT2D eigenvalue weighted by Crippen LogP contribution is 2.32. The van der Waals surface area contributed by atoms with Gasteiger partial charge in [-0.15, -0.1) is 0 Å². The van der Waals surface area contributed by atoms with Gasteiger partial charge in [-0.25, -0.2) is 0 Å². The number of aliphatic hydroxyl groups is 1. The van der Waals surface area contributed by atoms with E-state index in [1.54, 1.807) is 6.20 Å². The van der Waals surface area contributed by atoms with Gasteiger partial charge in [-0.1, -0.05) is 46.3 Å². The zero-order valence-electron chi connectivity index (χ0n) is 11.0. The maximum atomic E-state index is 10.7. The molecule has 1 N–H and O–H groups in total. The number of halogens is 1. The molecule has 2 aromatic carbocycles. The molecule has 0 aliphatic heterocycles. The largest absolute Gasteiger partial charge is 0.384 e. The molecule has 2 nitrogen and oxygen atoms in total. The van der Waals surface area contributed by atoms with Crippen molar-refractivity contribution < 1.29 is 5.11 Å². The molecule has 0 radical (unpaired) electrons. The molecule has 0 saturated carbocycles. The van der Waals surface area contributed by atoms with Gasteiger partial charge in [-0.2, -0.15) is 0 Å². The fourth-order valence-corrected chi connectivity index (χ4v) is 3.10. The minimum atomic E-state index is -0.669. The minimum Gasteiger partial charge on any atom is -0.384 e. The first-order valence-electron chi connectivity index (χ1n) is 6.44. The molecular formula is C17H14BrNO. The Morgan fingerprint density at radius 3 is 2.70 bits per heavy atom. The minimum absolute atomic E-state index is 0.669. The van der Waals surface area contributed by atoms with Crippen LogP contribution in [0.2, 0.25) is 0 Å². The standard InChI is InChI=1S/C17H14BrNO/c1-11-7-8-14(15(18)10-11)17(20)13-4-2-6-16-12(13)5-3-9-19-16/h2-10,17,20H,1H3. The lowest BCUT2D eigenvalue weighted by Gasteiger charge is -2.15. The van der Waals surface area contributed by atoms with Gasteiger partial charge in [-0.3, -0.25) is 4.98 Å². The van der Waals surface area contributed by atoms with Crippen molar-refractivity contribution in [3.8, 4) is 0 Å². The van der Waals surface area contributed by atoms with E-state index in [1.807, 2.05) is 55.5 Å². The van der Waals surface area contributed by atoms with Crippen LogP contribution in [0.3, 0.4) is 0 Å². The summed E-state index contributed by atoms with van der Waals surface area (Å²) in [5.74, 6) is 0. The molecule has 0 saturated heterocycles. The van der Waals surface area contributed by atoms with Gasteiger partial charge >= 0.3 is 0 Å². The molecule has 0 fully saturated rings. The van der Waals surface area contributed by atoms with Crippen molar-refractivity contribution in [2.75, 3.05) is 0 Å². The fraction of sp³-hybridized carbons (Fsp3) is 0.118. The molecule has 3 aromatic rings. The molecule has 3 rings (SSSR count). The predicted molar refractivity (Wildman–Crippen MR) is 84.7 cm³/mol. The lowest BCUT2D eigenvalue weighted by molar-refractivity contribution is 0.221. The van der Waals surface area contributed by atoms with Gasteiger partial charge in [-0.05, 0) is 41.8 Å². The second kappa shape index (κ2) is 5.35. The van der Waals surface area contributed by atoms with E-state index in [4.69, 9.17) is 0 Å². The molecule has 0 bridgehead atoms. The zero-order valence-corrected chi connectivity index (χ0v) is 12.6. The van der Waals surface area contributed by atoms with E-state index in [2.05, 4.69) is 20.9 Å². The molecule has 1 unspecified atom stereocenters. The molecule has 20 heavy (non-hydrogen) atoms. The third-order valence-corrected chi connectivity index (χ3v) is 4.11. The summed E-state index contributed by atoms with van der Waals surface area (Å²) < 4.78 is 0.922. The summed E-state index contributed by atoms with van der Waals surface area (Å²) in [6.45, 7) is 2.03. The average Bonchev–Trinajstić information content (AvgIpc) is 2.46. The van der Waals surface area contributed by atoms with E-state index >= 15 is 0 Å². The maximum Gasteiger partial charge on any atom is 0.106 e. The van der Waals surface area contributed by atoms with Gasteiger partial charge in [0.05, 0.1) is 5.52 Å². The number of rotatable bonds is 2. The first-order valence-corrected chi connectivity index (χ1v) is 7.24. The van der Waals surface area contributed by atoms with Crippen LogP contribution in [-0.4, -0.2) is 10.1 Å². The normalized spacial score (nSPS) is 12.6. The van der Waals surface area contributed by atoms with Crippen LogP contribution >= 0.6 is 15.9 Å². The van der Waals surface area contributed by atoms with Crippen LogP contribution in [-0.2, 0) is 0 Å². The van der Waals surface area contributed by atoms with Crippen molar-refractivity contribution in [3.05, 3.63) is 75.9 Å². The molecule has 3 heteroatoms. The number of aliphatic hydroxyl groups excluding tert-OH is 1. The molecular weight excluding hydrogens is 314 g/mol. The number of pyridine rings is 1. The van der Waals surface area contributed by atoms with Gasteiger partial charge in [0.15, 0.2) is 0 Å². The molecule has 1 atom stereocenters. The Morgan fingerprint density at radius 2 is 1.90 bits per heavy atom. The third kappa shape index (κ3) is 2.35. The summed E-state index contributed by atoms with van der Waals surface area (Å²) in [5, 5.41) is 11.7. The summed E-state index contributed by atoms with van der Waals surface area (Å²) in [7, 11) is 0. The maximum absolute atomic E-state index is 10.7. The average molecular weight is 328 g/mol. The summed E-state index contributed by atoms with van der Waals surface area (Å²) in [5.41, 5.74) is 3.80. The van der Waals surface area contributed by atoms with E-state index < -0.39 is 6.10 Å². The van der Waals surface area contributed by atoms with Crippen molar-refractivity contribution in [1.29, 1.82) is 0 Å². The molecule has 1 aromatic heterocycles. The highest BCUT2D eigenvalue weighted by Gasteiger charge is 2.16. The van der Waals surface area contributed by atoms with Gasteiger partial charge < -0.3 is 5.11 Å². The van der Waals surface area contributed by atoms with Crippen molar-refractivity contribution in [2.24, 2.45) is 0 Å². The smallest absolute Gasteiger partial charge is 0.106 e. The summed E-state index contributed by atoms with van der Waals surface area (Å²) in [6, 6.07) is 15.7. The first kappa shape index (κ1) is 13.3. The second-order valence-corrected chi connectivity index (χ2v) is 5.70. The van der Waals surface area contributed by atoms with E-state index in [0.29, 0.717) is 0 Å². The van der Waals surface area contributed by atoms with Crippen molar-refractivity contribution in [1.82, 2.24) is 4.98 Å². The summed E-state index contributed by atoms with van der Waals surface area (Å²) in [4.78, 5) is 4.33. The van der Waals surface area contributed by atoms with Crippen LogP contribution in [0, 0.1) is 6.92 Å². The van der Waals surface area contributed by atoms with Crippen molar-refractivity contribution in [3.63, 3.8) is 0 Å². The zero-order chi connectivity index (χ0) is 14.1. The molecule has 0 aliphatic carbocycles. The summed E-state index contributed by atoms with van der Waals surface area (Å²) in [6.07, 6.45) is 1.10. The fourth-order valence-electron chi connectivity index (χ4n) is 2.39. The Kier molecular flexibility index (Phi) is 3.55. The van der Waals surface area contributed by atoms with Crippen molar-refractivity contribution >= 4 is 26.8 Å². The second-order valence-electron chi connectivity index (χ2n) is 4.84. The number of aryl methyl sites for hydroxylation is 1. The third-order valence-electron chi connectivity index (χ3n) is 3.42. The van der Waals surface area contributed by atoms with E-state index in [1.165, 1.54) is 0 Å². The number of aromatic nitrogens is 1. The number of fused-ring (bicyclic) bond motifs is 1. The van der Waals surface area contributed by atoms with Gasteiger partial charge in [0.25, 0.3) is 0 Å². The molecule has 0 amide bonds. The van der Waals surface area contributed by atoms with Crippen LogP contribution in [0.1, 0.15) is 22.8 Å². The van der Waals surface area contributed by atoms with Crippen LogP contribution in [0.4, 0.5) is 0 Å². The van der Waals surface area contributed by atoms with Gasteiger partial charge in [0.1, 0.15) is 6.10 Å². The van der Waals surface area contributed by atoms with Crippen LogP contribution in [0.15, 0.2) is 59.2 Å². The Balaban J connectivity index is 2.15. The van der Waals surface area contributed by atoms with E-state index in [0.717, 1.165) is 32.1 Å². The number of benzene rings is 2. The van der Waals surface area contributed by atoms with Gasteiger partial charge in [0, 0.05) is 16.1 Å². The first-order chi connectivity index (χ1) is 9.66.